The van der Waals surface area contributed by atoms with Crippen molar-refractivity contribution in [2.75, 3.05) is 36.4 Å². The molecule has 198 valence electrons. The zero-order valence-corrected chi connectivity index (χ0v) is 21.7. The van der Waals surface area contributed by atoms with Crippen molar-refractivity contribution >= 4 is 34.2 Å². The second-order valence-electron chi connectivity index (χ2n) is 9.68. The van der Waals surface area contributed by atoms with Crippen LogP contribution in [0, 0.1) is 0 Å². The third kappa shape index (κ3) is 5.09. The number of benzene rings is 4. The molecule has 1 aliphatic heterocycles. The largest absolute Gasteiger partial charge is 0.422 e. The first-order valence-electron chi connectivity index (χ1n) is 13.2. The van der Waals surface area contributed by atoms with Gasteiger partial charge in [-0.3, -0.25) is 9.59 Å². The highest BCUT2D eigenvalue weighted by atomic mass is 16.4. The maximum absolute atomic E-state index is 13.3. The lowest BCUT2D eigenvalue weighted by Crippen LogP contribution is -2.49. The summed E-state index contributed by atoms with van der Waals surface area (Å²) in [6.07, 6.45) is 0. The molecule has 40 heavy (non-hydrogen) atoms. The Morgan fingerprint density at radius 3 is 2.23 bits per heavy atom. The van der Waals surface area contributed by atoms with E-state index in [9.17, 15) is 14.4 Å². The Hall–Kier alpha value is -5.17. The van der Waals surface area contributed by atoms with Gasteiger partial charge in [-0.05, 0) is 54.1 Å². The van der Waals surface area contributed by atoms with Crippen LogP contribution in [-0.4, -0.2) is 42.9 Å². The minimum absolute atomic E-state index is 0.0298. The van der Waals surface area contributed by atoms with Crippen LogP contribution in [0.15, 0.2) is 118 Å². The highest BCUT2D eigenvalue weighted by molar-refractivity contribution is 6.06. The van der Waals surface area contributed by atoms with Crippen LogP contribution in [0.4, 0.5) is 11.4 Å². The van der Waals surface area contributed by atoms with Crippen molar-refractivity contribution in [2.45, 2.75) is 0 Å². The quantitative estimate of drug-likeness (QED) is 0.297. The Balaban J connectivity index is 1.18. The monoisotopic (exact) mass is 529 g/mol. The molecule has 1 N–H and O–H groups in total. The number of carbonyl (C=O) groups excluding carboxylic acids is 2. The van der Waals surface area contributed by atoms with E-state index >= 15 is 0 Å². The number of hydrogen-bond donors (Lipinski definition) is 1. The first kappa shape index (κ1) is 25.1. The van der Waals surface area contributed by atoms with Gasteiger partial charge in [-0.15, -0.1) is 0 Å². The Morgan fingerprint density at radius 1 is 0.700 bits per heavy atom. The molecule has 1 saturated heterocycles. The van der Waals surface area contributed by atoms with E-state index in [-0.39, 0.29) is 11.8 Å². The Labute approximate surface area is 231 Å². The molecule has 0 bridgehead atoms. The van der Waals surface area contributed by atoms with E-state index in [4.69, 9.17) is 4.42 Å². The van der Waals surface area contributed by atoms with Gasteiger partial charge in [0.2, 0.25) is 0 Å². The van der Waals surface area contributed by atoms with Crippen LogP contribution in [0.5, 0.6) is 0 Å². The average molecular weight is 530 g/mol. The third-order valence-corrected chi connectivity index (χ3v) is 7.16. The van der Waals surface area contributed by atoms with Gasteiger partial charge in [0.05, 0.1) is 16.9 Å². The second kappa shape index (κ2) is 10.9. The van der Waals surface area contributed by atoms with Crippen molar-refractivity contribution in [3.63, 3.8) is 0 Å². The van der Waals surface area contributed by atoms with E-state index in [0.717, 1.165) is 11.1 Å². The number of carbonyl (C=O) groups is 2. The van der Waals surface area contributed by atoms with Gasteiger partial charge < -0.3 is 19.5 Å². The fourth-order valence-electron chi connectivity index (χ4n) is 5.05. The molecule has 0 saturated carbocycles. The lowest BCUT2D eigenvalue weighted by atomic mass is 10.0. The van der Waals surface area contributed by atoms with Gasteiger partial charge in [0, 0.05) is 42.7 Å². The van der Waals surface area contributed by atoms with E-state index in [1.807, 2.05) is 77.7 Å². The SMILES string of the molecule is O=C(Nc1ccccc1N1CCN(C(=O)c2ccccc2)CC1)c1cccc(-c2cc3ccccc3oc2=O)c1. The van der Waals surface area contributed by atoms with Crippen LogP contribution < -0.4 is 15.8 Å². The van der Waals surface area contributed by atoms with E-state index in [0.29, 0.717) is 59.7 Å². The topological polar surface area (TPSA) is 82.9 Å². The van der Waals surface area contributed by atoms with Crippen molar-refractivity contribution in [1.29, 1.82) is 0 Å². The maximum Gasteiger partial charge on any atom is 0.344 e. The van der Waals surface area contributed by atoms with Gasteiger partial charge in [-0.25, -0.2) is 4.79 Å². The van der Waals surface area contributed by atoms with Crippen LogP contribution >= 0.6 is 0 Å². The average Bonchev–Trinajstić information content (AvgIpc) is 3.01. The summed E-state index contributed by atoms with van der Waals surface area (Å²) >= 11 is 0. The molecule has 2 amide bonds. The molecular formula is C33H27N3O4. The van der Waals surface area contributed by atoms with Crippen molar-refractivity contribution in [1.82, 2.24) is 4.90 Å². The first-order chi connectivity index (χ1) is 19.6. The fourth-order valence-corrected chi connectivity index (χ4v) is 5.05. The smallest absolute Gasteiger partial charge is 0.344 e. The molecular weight excluding hydrogens is 502 g/mol. The molecule has 0 atom stereocenters. The zero-order valence-electron chi connectivity index (χ0n) is 21.7. The highest BCUT2D eigenvalue weighted by Crippen LogP contribution is 2.28. The second-order valence-corrected chi connectivity index (χ2v) is 9.68. The van der Waals surface area contributed by atoms with Crippen LogP contribution in [-0.2, 0) is 0 Å². The summed E-state index contributed by atoms with van der Waals surface area (Å²) in [6, 6.07) is 33.1. The predicted molar refractivity (Wildman–Crippen MR) is 157 cm³/mol. The Kier molecular flexibility index (Phi) is 6.85. The molecule has 4 aromatic carbocycles. The van der Waals surface area contributed by atoms with E-state index < -0.39 is 5.63 Å². The summed E-state index contributed by atoms with van der Waals surface area (Å²) in [5, 5.41) is 3.86. The summed E-state index contributed by atoms with van der Waals surface area (Å²) in [6.45, 7) is 2.48. The number of fused-ring (bicyclic) bond motifs is 1. The summed E-state index contributed by atoms with van der Waals surface area (Å²) in [5.41, 5.74) is 3.78. The van der Waals surface area contributed by atoms with Crippen molar-refractivity contribution in [3.8, 4) is 11.1 Å². The molecule has 6 rings (SSSR count). The van der Waals surface area contributed by atoms with Crippen LogP contribution in [0.2, 0.25) is 0 Å². The minimum Gasteiger partial charge on any atom is -0.422 e. The van der Waals surface area contributed by atoms with E-state index in [1.165, 1.54) is 0 Å². The normalized spacial score (nSPS) is 13.3. The summed E-state index contributed by atoms with van der Waals surface area (Å²) in [5.74, 6) is -0.250. The van der Waals surface area contributed by atoms with Crippen LogP contribution in [0.1, 0.15) is 20.7 Å². The fraction of sp³-hybridized carbons (Fsp3) is 0.121. The van der Waals surface area contributed by atoms with Crippen molar-refractivity contribution in [3.05, 3.63) is 131 Å². The highest BCUT2D eigenvalue weighted by Gasteiger charge is 2.24. The molecule has 0 unspecified atom stereocenters. The summed E-state index contributed by atoms with van der Waals surface area (Å²) in [7, 11) is 0. The molecule has 1 aliphatic rings. The molecule has 2 heterocycles. The molecule has 5 aromatic rings. The van der Waals surface area contributed by atoms with E-state index in [1.54, 1.807) is 36.4 Å². The van der Waals surface area contributed by atoms with Crippen LogP contribution in [0.3, 0.4) is 0 Å². The van der Waals surface area contributed by atoms with Crippen molar-refractivity contribution in [2.24, 2.45) is 0 Å². The first-order valence-corrected chi connectivity index (χ1v) is 13.2. The van der Waals surface area contributed by atoms with Crippen molar-refractivity contribution < 1.29 is 14.0 Å². The lowest BCUT2D eigenvalue weighted by Gasteiger charge is -2.37. The van der Waals surface area contributed by atoms with Crippen LogP contribution in [0.25, 0.3) is 22.1 Å². The van der Waals surface area contributed by atoms with Gasteiger partial charge in [-0.2, -0.15) is 0 Å². The molecule has 0 radical (unpaired) electrons. The summed E-state index contributed by atoms with van der Waals surface area (Å²) in [4.78, 5) is 42.9. The van der Waals surface area contributed by atoms with Gasteiger partial charge in [0.15, 0.2) is 0 Å². The number of hydrogen-bond acceptors (Lipinski definition) is 5. The third-order valence-electron chi connectivity index (χ3n) is 7.16. The van der Waals surface area contributed by atoms with Gasteiger partial charge >= 0.3 is 5.63 Å². The number of anilines is 2. The molecule has 7 heteroatoms. The molecule has 0 spiro atoms. The number of amides is 2. The Bertz CT molecular complexity index is 1760. The minimum atomic E-state index is -0.452. The maximum atomic E-state index is 13.3. The number of nitrogens with one attached hydrogen (secondary N) is 1. The number of piperazine rings is 1. The number of para-hydroxylation sites is 3. The molecule has 1 aromatic heterocycles. The van der Waals surface area contributed by atoms with Gasteiger partial charge in [0.25, 0.3) is 11.8 Å². The summed E-state index contributed by atoms with van der Waals surface area (Å²) < 4.78 is 5.49. The predicted octanol–water partition coefficient (Wildman–Crippen LogP) is 5.67. The van der Waals surface area contributed by atoms with E-state index in [2.05, 4.69) is 10.2 Å². The molecule has 1 fully saturated rings. The molecule has 0 aliphatic carbocycles. The lowest BCUT2D eigenvalue weighted by molar-refractivity contribution is 0.0746. The number of rotatable bonds is 5. The zero-order chi connectivity index (χ0) is 27.5. The number of nitrogens with zero attached hydrogens (tertiary/aromatic N) is 2. The Morgan fingerprint density at radius 2 is 1.40 bits per heavy atom. The van der Waals surface area contributed by atoms with Gasteiger partial charge in [-0.1, -0.05) is 60.7 Å². The van der Waals surface area contributed by atoms with Gasteiger partial charge in [0.1, 0.15) is 5.58 Å². The molecule has 7 nitrogen and oxygen atoms in total. The standard InChI is InChI=1S/C33H27N3O4/c37-31(26-13-8-12-24(21-26)27-22-25-11-4-7-16-30(25)40-33(27)39)34-28-14-5-6-15-29(28)35-17-19-36(20-18-35)32(38)23-9-2-1-3-10-23/h1-16,21-22H,17-20H2,(H,34,37).